The molecule has 3 rings (SSSR count). The van der Waals surface area contributed by atoms with E-state index in [0.717, 1.165) is 41.0 Å². The average molecular weight is 395 g/mol. The Bertz CT molecular complexity index is 894. The van der Waals surface area contributed by atoms with Gasteiger partial charge < -0.3 is 20.4 Å². The lowest BCUT2D eigenvalue weighted by Gasteiger charge is -2.32. The Kier molecular flexibility index (Phi) is 6.42. The van der Waals surface area contributed by atoms with E-state index in [2.05, 4.69) is 10.6 Å². The zero-order valence-corrected chi connectivity index (χ0v) is 17.7. The predicted octanol–water partition coefficient (Wildman–Crippen LogP) is 4.25. The van der Waals surface area contributed by atoms with Crippen molar-refractivity contribution in [1.29, 1.82) is 0 Å². The number of hydrogen-bond acceptors (Lipinski definition) is 3. The minimum absolute atomic E-state index is 0.0324. The number of urea groups is 1. The Morgan fingerprint density at radius 1 is 1.03 bits per heavy atom. The third-order valence-corrected chi connectivity index (χ3v) is 5.29. The summed E-state index contributed by atoms with van der Waals surface area (Å²) in [5.41, 5.74) is 4.89. The van der Waals surface area contributed by atoms with Crippen LogP contribution in [0.15, 0.2) is 42.5 Å². The van der Waals surface area contributed by atoms with Crippen LogP contribution >= 0.6 is 0 Å². The summed E-state index contributed by atoms with van der Waals surface area (Å²) in [4.78, 5) is 29.2. The summed E-state index contributed by atoms with van der Waals surface area (Å²) in [6.45, 7) is 5.11. The molecule has 6 nitrogen and oxygen atoms in total. The molecule has 1 atom stereocenters. The molecule has 154 valence electrons. The van der Waals surface area contributed by atoms with Crippen LogP contribution in [-0.2, 0) is 4.79 Å². The largest absolute Gasteiger partial charge is 0.377 e. The molecule has 6 heteroatoms. The van der Waals surface area contributed by atoms with Crippen molar-refractivity contribution < 1.29 is 9.59 Å². The first-order chi connectivity index (χ1) is 13.8. The highest BCUT2D eigenvalue weighted by atomic mass is 16.2. The summed E-state index contributed by atoms with van der Waals surface area (Å²) >= 11 is 0. The van der Waals surface area contributed by atoms with Crippen LogP contribution < -0.4 is 15.5 Å². The molecule has 0 radical (unpaired) electrons. The summed E-state index contributed by atoms with van der Waals surface area (Å²) in [6, 6.07) is 13.5. The third-order valence-electron chi connectivity index (χ3n) is 5.29. The minimum atomic E-state index is -0.208. The van der Waals surface area contributed by atoms with E-state index in [1.807, 2.05) is 75.3 Å². The highest BCUT2D eigenvalue weighted by molar-refractivity contribution is 5.94. The van der Waals surface area contributed by atoms with E-state index in [0.29, 0.717) is 13.1 Å². The number of benzene rings is 2. The van der Waals surface area contributed by atoms with E-state index < -0.39 is 0 Å². The van der Waals surface area contributed by atoms with Crippen molar-refractivity contribution in [2.24, 2.45) is 5.92 Å². The van der Waals surface area contributed by atoms with Crippen molar-refractivity contribution >= 4 is 29.0 Å². The van der Waals surface area contributed by atoms with Gasteiger partial charge in [-0.15, -0.1) is 0 Å². The maximum absolute atomic E-state index is 12.8. The third kappa shape index (κ3) is 5.28. The summed E-state index contributed by atoms with van der Waals surface area (Å²) in [7, 11) is 4.00. The van der Waals surface area contributed by atoms with Crippen molar-refractivity contribution in [2.45, 2.75) is 26.7 Å². The molecule has 0 aliphatic carbocycles. The maximum atomic E-state index is 12.8. The summed E-state index contributed by atoms with van der Waals surface area (Å²) < 4.78 is 0. The molecule has 0 bridgehead atoms. The highest BCUT2D eigenvalue weighted by Gasteiger charge is 2.28. The second-order valence-electron chi connectivity index (χ2n) is 7.97. The first kappa shape index (κ1) is 20.7. The van der Waals surface area contributed by atoms with Crippen molar-refractivity contribution in [1.82, 2.24) is 4.90 Å². The lowest BCUT2D eigenvalue weighted by atomic mass is 9.97. The quantitative estimate of drug-likeness (QED) is 0.815. The second-order valence-corrected chi connectivity index (χ2v) is 7.97. The first-order valence-electron chi connectivity index (χ1n) is 10.0. The van der Waals surface area contributed by atoms with Crippen LogP contribution in [0, 0.1) is 19.8 Å². The van der Waals surface area contributed by atoms with Gasteiger partial charge in [-0.1, -0.05) is 12.1 Å². The summed E-state index contributed by atoms with van der Waals surface area (Å²) in [6.07, 6.45) is 1.60. The highest BCUT2D eigenvalue weighted by Crippen LogP contribution is 2.24. The van der Waals surface area contributed by atoms with Crippen LogP contribution in [0.25, 0.3) is 0 Å². The van der Waals surface area contributed by atoms with Gasteiger partial charge in [-0.2, -0.15) is 0 Å². The van der Waals surface area contributed by atoms with Gasteiger partial charge in [0.25, 0.3) is 0 Å². The number of carbonyl (C=O) groups is 2. The van der Waals surface area contributed by atoms with Crippen LogP contribution in [0.2, 0.25) is 0 Å². The number of amides is 3. The zero-order valence-electron chi connectivity index (χ0n) is 17.7. The number of anilines is 3. The molecule has 2 N–H and O–H groups in total. The molecule has 29 heavy (non-hydrogen) atoms. The van der Waals surface area contributed by atoms with Crippen molar-refractivity contribution in [2.75, 3.05) is 42.7 Å². The Morgan fingerprint density at radius 3 is 2.48 bits per heavy atom. The fourth-order valence-corrected chi connectivity index (χ4v) is 3.78. The molecule has 1 saturated heterocycles. The number of nitrogens with one attached hydrogen (secondary N) is 2. The Morgan fingerprint density at radius 2 is 1.79 bits per heavy atom. The van der Waals surface area contributed by atoms with Crippen LogP contribution in [0.3, 0.4) is 0 Å². The molecule has 0 aromatic heterocycles. The fourth-order valence-electron chi connectivity index (χ4n) is 3.78. The smallest absolute Gasteiger partial charge is 0.321 e. The fraction of sp³-hybridized carbons (Fsp3) is 0.391. The molecule has 0 spiro atoms. The van der Waals surface area contributed by atoms with Gasteiger partial charge in [-0.25, -0.2) is 4.79 Å². The number of nitrogens with zero attached hydrogens (tertiary/aromatic N) is 2. The standard InChI is InChI=1S/C23H30N4O2/c1-16-7-5-9-19(13-16)25-23(29)27-12-6-8-18(15-27)22(28)24-20-10-11-21(26(3)4)17(2)14-20/h5,7,9-11,13-14,18H,6,8,12,15H2,1-4H3,(H,24,28)(H,25,29). The van der Waals surface area contributed by atoms with Crippen LogP contribution in [0.1, 0.15) is 24.0 Å². The van der Waals surface area contributed by atoms with E-state index in [-0.39, 0.29) is 17.9 Å². The number of piperidine rings is 1. The lowest BCUT2D eigenvalue weighted by molar-refractivity contribution is -0.121. The molecule has 2 aromatic rings. The number of rotatable bonds is 4. The van der Waals surface area contributed by atoms with E-state index in [1.165, 1.54) is 0 Å². The van der Waals surface area contributed by atoms with Crippen LogP contribution in [0.4, 0.5) is 21.9 Å². The Labute approximate surface area is 172 Å². The number of likely N-dealkylation sites (tertiary alicyclic amines) is 1. The molecule has 2 aromatic carbocycles. The van der Waals surface area contributed by atoms with Gasteiger partial charge in [0, 0.05) is 44.2 Å². The van der Waals surface area contributed by atoms with Gasteiger partial charge in [0.05, 0.1) is 5.92 Å². The average Bonchev–Trinajstić information content (AvgIpc) is 2.68. The van der Waals surface area contributed by atoms with E-state index >= 15 is 0 Å². The Balaban J connectivity index is 1.60. The van der Waals surface area contributed by atoms with Gasteiger partial charge in [0.15, 0.2) is 0 Å². The number of carbonyl (C=O) groups excluding carboxylic acids is 2. The van der Waals surface area contributed by atoms with E-state index in [9.17, 15) is 9.59 Å². The monoisotopic (exact) mass is 394 g/mol. The molecular formula is C23H30N4O2. The molecule has 1 heterocycles. The van der Waals surface area contributed by atoms with Gasteiger partial charge in [0.1, 0.15) is 0 Å². The van der Waals surface area contributed by atoms with Crippen molar-refractivity contribution in [3.8, 4) is 0 Å². The lowest BCUT2D eigenvalue weighted by Crippen LogP contribution is -2.45. The maximum Gasteiger partial charge on any atom is 0.321 e. The molecule has 1 unspecified atom stereocenters. The zero-order chi connectivity index (χ0) is 21.0. The normalized spacial score (nSPS) is 16.3. The summed E-state index contributed by atoms with van der Waals surface area (Å²) in [5, 5.41) is 5.96. The molecule has 0 saturated carbocycles. The molecule has 1 aliphatic heterocycles. The van der Waals surface area contributed by atoms with Gasteiger partial charge in [-0.3, -0.25) is 4.79 Å². The number of aryl methyl sites for hydroxylation is 2. The van der Waals surface area contributed by atoms with Gasteiger partial charge >= 0.3 is 6.03 Å². The summed E-state index contributed by atoms with van der Waals surface area (Å²) in [5.74, 6) is -0.240. The van der Waals surface area contributed by atoms with Gasteiger partial charge in [0.2, 0.25) is 5.91 Å². The minimum Gasteiger partial charge on any atom is -0.377 e. The van der Waals surface area contributed by atoms with Gasteiger partial charge in [-0.05, 0) is 68.1 Å². The SMILES string of the molecule is Cc1cccc(NC(=O)N2CCCC(C(=O)Nc3ccc(N(C)C)c(C)c3)C2)c1. The molecular weight excluding hydrogens is 364 g/mol. The van der Waals surface area contributed by atoms with Crippen molar-refractivity contribution in [3.05, 3.63) is 53.6 Å². The second kappa shape index (κ2) is 8.99. The van der Waals surface area contributed by atoms with Crippen LogP contribution in [-0.4, -0.2) is 44.0 Å². The molecule has 3 amide bonds. The molecule has 1 fully saturated rings. The van der Waals surface area contributed by atoms with E-state index in [4.69, 9.17) is 0 Å². The predicted molar refractivity (Wildman–Crippen MR) is 119 cm³/mol. The number of hydrogen-bond donors (Lipinski definition) is 2. The van der Waals surface area contributed by atoms with Crippen molar-refractivity contribution in [3.63, 3.8) is 0 Å². The molecule has 1 aliphatic rings. The first-order valence-corrected chi connectivity index (χ1v) is 10.0. The van der Waals surface area contributed by atoms with E-state index in [1.54, 1.807) is 4.90 Å². The Hall–Kier alpha value is -3.02. The van der Waals surface area contributed by atoms with Crippen LogP contribution in [0.5, 0.6) is 0 Å². The topological polar surface area (TPSA) is 64.7 Å².